The Balaban J connectivity index is 1.08. The molecule has 0 radical (unpaired) electrons. The molecule has 5 heterocycles. The van der Waals surface area contributed by atoms with Crippen LogP contribution in [0.15, 0.2) is 110 Å². The van der Waals surface area contributed by atoms with Crippen LogP contribution >= 0.6 is 0 Å². The van der Waals surface area contributed by atoms with Crippen LogP contribution in [-0.4, -0.2) is 78.0 Å². The summed E-state index contributed by atoms with van der Waals surface area (Å²) in [7, 11) is 3.32. The van der Waals surface area contributed by atoms with E-state index in [-0.39, 0.29) is 6.03 Å². The Hall–Kier alpha value is -6.60. The lowest BCUT2D eigenvalue weighted by Crippen LogP contribution is -2.38. The minimum atomic E-state index is -0.259. The Bertz CT molecular complexity index is 2170. The van der Waals surface area contributed by atoms with Crippen LogP contribution in [0.1, 0.15) is 16.7 Å². The number of morpholine rings is 1. The zero-order valence-corrected chi connectivity index (χ0v) is 30.8. The molecule has 3 aromatic heterocycles. The van der Waals surface area contributed by atoms with Gasteiger partial charge in [-0.1, -0.05) is 42.5 Å². The molecule has 13 nitrogen and oxygen atoms in total. The molecular weight excluding hydrogens is 695 g/mol. The summed E-state index contributed by atoms with van der Waals surface area (Å²) in [6.07, 6.45) is 7.78. The summed E-state index contributed by atoms with van der Waals surface area (Å²) in [5, 5.41) is 3.07. The predicted molar refractivity (Wildman–Crippen MR) is 212 cm³/mol. The molecular formula is C42H41N9O4. The second-order valence-electron chi connectivity index (χ2n) is 13.2. The quantitative estimate of drug-likeness (QED) is 0.154. The molecule has 0 aliphatic carbocycles. The van der Waals surface area contributed by atoms with Gasteiger partial charge in [0.15, 0.2) is 0 Å². The average Bonchev–Trinajstić information content (AvgIpc) is 3.69. The highest BCUT2D eigenvalue weighted by molar-refractivity contribution is 6.03. The van der Waals surface area contributed by atoms with Crippen molar-refractivity contribution in [3.05, 3.63) is 126 Å². The lowest BCUT2D eigenvalue weighted by Gasteiger charge is -2.28. The number of aromatic nitrogens is 5. The summed E-state index contributed by atoms with van der Waals surface area (Å²) in [5.74, 6) is 3.30. The fraction of sp³-hybridized carbons (Fsp3) is 0.238. The van der Waals surface area contributed by atoms with Crippen molar-refractivity contribution in [1.29, 1.82) is 0 Å². The van der Waals surface area contributed by atoms with E-state index >= 15 is 0 Å². The standard InChI is InChI=1S/C42H41N9O4/c1-53-35-13-5-29(6-14-35)27-50(28-30-7-15-36(54-2)16-8-30)40-44-25-33(26-45-40)38-37-17-19-51(39(37)48-41(47-38)49-20-22-55-23-21-49)42(52)46-34-11-9-31(10-12-34)32-4-3-18-43-24-32/h3-16,18,24-26H,17,19-23,27-28H2,1-2H3,(H,46,52). The number of pyridine rings is 1. The fourth-order valence-corrected chi connectivity index (χ4v) is 6.76. The van der Waals surface area contributed by atoms with E-state index in [2.05, 4.69) is 20.1 Å². The van der Waals surface area contributed by atoms with Crippen LogP contribution in [0.2, 0.25) is 0 Å². The van der Waals surface area contributed by atoms with Crippen molar-refractivity contribution in [3.8, 4) is 33.9 Å². The number of benzene rings is 3. The normalized spacial score (nSPS) is 13.6. The highest BCUT2D eigenvalue weighted by Gasteiger charge is 2.32. The summed E-state index contributed by atoms with van der Waals surface area (Å²) < 4.78 is 16.4. The average molecular weight is 736 g/mol. The molecule has 2 aliphatic rings. The smallest absolute Gasteiger partial charge is 0.327 e. The number of nitrogens with zero attached hydrogens (tertiary/aromatic N) is 8. The maximum absolute atomic E-state index is 13.8. The molecule has 1 fully saturated rings. The molecule has 0 unspecified atom stereocenters. The van der Waals surface area contributed by atoms with E-state index in [9.17, 15) is 4.79 Å². The molecule has 0 saturated carbocycles. The minimum Gasteiger partial charge on any atom is -0.497 e. The van der Waals surface area contributed by atoms with Crippen molar-refractivity contribution < 1.29 is 19.0 Å². The second-order valence-corrected chi connectivity index (χ2v) is 13.2. The predicted octanol–water partition coefficient (Wildman–Crippen LogP) is 6.65. The Morgan fingerprint density at radius 1 is 0.764 bits per heavy atom. The lowest BCUT2D eigenvalue weighted by atomic mass is 10.1. The number of methoxy groups -OCH3 is 2. The van der Waals surface area contributed by atoms with E-state index in [1.807, 2.05) is 104 Å². The number of fused-ring (bicyclic) bond motifs is 1. The molecule has 278 valence electrons. The number of nitrogens with one attached hydrogen (secondary N) is 1. The van der Waals surface area contributed by atoms with Crippen LogP contribution < -0.4 is 29.5 Å². The first kappa shape index (κ1) is 35.4. The Morgan fingerprint density at radius 3 is 2.02 bits per heavy atom. The monoisotopic (exact) mass is 735 g/mol. The van der Waals surface area contributed by atoms with Crippen molar-refractivity contribution in [2.75, 3.05) is 67.1 Å². The zero-order valence-electron chi connectivity index (χ0n) is 30.8. The summed E-state index contributed by atoms with van der Waals surface area (Å²) in [6, 6.07) is 27.4. The van der Waals surface area contributed by atoms with Gasteiger partial charge in [-0.2, -0.15) is 4.98 Å². The Morgan fingerprint density at radius 2 is 1.42 bits per heavy atom. The Labute approximate surface area is 319 Å². The first-order valence-electron chi connectivity index (χ1n) is 18.2. The van der Waals surface area contributed by atoms with Gasteiger partial charge in [0.05, 0.1) is 33.1 Å². The molecule has 1 N–H and O–H groups in total. The maximum Gasteiger partial charge on any atom is 0.327 e. The third kappa shape index (κ3) is 8.02. The van der Waals surface area contributed by atoms with Gasteiger partial charge in [-0.15, -0.1) is 0 Å². The van der Waals surface area contributed by atoms with Gasteiger partial charge >= 0.3 is 6.03 Å². The number of hydrogen-bond donors (Lipinski definition) is 1. The first-order valence-corrected chi connectivity index (χ1v) is 18.2. The van der Waals surface area contributed by atoms with Gasteiger partial charge in [0, 0.05) is 74.3 Å². The van der Waals surface area contributed by atoms with Crippen LogP contribution in [0.5, 0.6) is 11.5 Å². The molecule has 2 amide bonds. The summed E-state index contributed by atoms with van der Waals surface area (Å²) in [6.45, 7) is 4.06. The molecule has 0 atom stereocenters. The molecule has 8 rings (SSSR count). The van der Waals surface area contributed by atoms with Crippen molar-refractivity contribution in [1.82, 2.24) is 24.9 Å². The molecule has 55 heavy (non-hydrogen) atoms. The molecule has 2 aliphatic heterocycles. The third-order valence-electron chi connectivity index (χ3n) is 9.74. The van der Waals surface area contributed by atoms with Crippen LogP contribution in [-0.2, 0) is 24.2 Å². The van der Waals surface area contributed by atoms with Crippen molar-refractivity contribution >= 4 is 29.4 Å². The summed E-state index contributed by atoms with van der Waals surface area (Å²) in [4.78, 5) is 43.8. The number of hydrogen-bond acceptors (Lipinski definition) is 11. The van der Waals surface area contributed by atoms with E-state index in [1.165, 1.54) is 0 Å². The lowest BCUT2D eigenvalue weighted by molar-refractivity contribution is 0.122. The summed E-state index contributed by atoms with van der Waals surface area (Å²) in [5.41, 5.74) is 7.23. The van der Waals surface area contributed by atoms with Crippen molar-refractivity contribution in [2.45, 2.75) is 19.5 Å². The number of rotatable bonds is 11. The van der Waals surface area contributed by atoms with Gasteiger partial charge in [-0.25, -0.2) is 19.7 Å². The zero-order chi connectivity index (χ0) is 37.6. The van der Waals surface area contributed by atoms with Crippen LogP contribution in [0.4, 0.5) is 28.2 Å². The minimum absolute atomic E-state index is 0.259. The van der Waals surface area contributed by atoms with Gasteiger partial charge < -0.3 is 29.3 Å². The number of anilines is 4. The van der Waals surface area contributed by atoms with Gasteiger partial charge in [0.25, 0.3) is 0 Å². The van der Waals surface area contributed by atoms with Gasteiger partial charge in [0.1, 0.15) is 17.3 Å². The van der Waals surface area contributed by atoms with Crippen LogP contribution in [0.3, 0.4) is 0 Å². The number of ether oxygens (including phenoxy) is 3. The third-order valence-corrected chi connectivity index (χ3v) is 9.74. The highest BCUT2D eigenvalue weighted by atomic mass is 16.5. The van der Waals surface area contributed by atoms with E-state index in [4.69, 9.17) is 34.1 Å². The first-order chi connectivity index (χ1) is 27.0. The van der Waals surface area contributed by atoms with Crippen LogP contribution in [0.25, 0.3) is 22.4 Å². The van der Waals surface area contributed by atoms with E-state index < -0.39 is 0 Å². The molecule has 3 aromatic carbocycles. The summed E-state index contributed by atoms with van der Waals surface area (Å²) >= 11 is 0. The molecule has 13 heteroatoms. The van der Waals surface area contributed by atoms with Crippen molar-refractivity contribution in [2.24, 2.45) is 0 Å². The Kier molecular flexibility index (Phi) is 10.4. The second kappa shape index (κ2) is 16.2. The van der Waals surface area contributed by atoms with E-state index in [0.29, 0.717) is 81.5 Å². The highest BCUT2D eigenvalue weighted by Crippen LogP contribution is 2.36. The molecule has 0 bridgehead atoms. The largest absolute Gasteiger partial charge is 0.497 e. The van der Waals surface area contributed by atoms with Crippen LogP contribution in [0, 0.1) is 0 Å². The fourth-order valence-electron chi connectivity index (χ4n) is 6.76. The SMILES string of the molecule is COc1ccc(CN(Cc2ccc(OC)cc2)c2ncc(-c3nc(N4CCOCC4)nc4c3CCN4C(=O)Nc3ccc(-c4cccnc4)cc3)cn2)cc1. The van der Waals surface area contributed by atoms with E-state index in [1.54, 1.807) is 25.3 Å². The maximum atomic E-state index is 13.8. The number of carbonyl (C=O) groups excluding carboxylic acids is 1. The topological polar surface area (TPSA) is 131 Å². The van der Waals surface area contributed by atoms with Crippen molar-refractivity contribution in [3.63, 3.8) is 0 Å². The number of carbonyl (C=O) groups is 1. The molecule has 0 spiro atoms. The van der Waals surface area contributed by atoms with E-state index in [0.717, 1.165) is 44.9 Å². The number of amides is 2. The van der Waals surface area contributed by atoms with Gasteiger partial charge in [-0.3, -0.25) is 9.88 Å². The van der Waals surface area contributed by atoms with Gasteiger partial charge in [0.2, 0.25) is 11.9 Å². The molecule has 6 aromatic rings. The molecule has 1 saturated heterocycles. The number of urea groups is 1. The van der Waals surface area contributed by atoms with Gasteiger partial charge in [-0.05, 0) is 71.1 Å².